The van der Waals surface area contributed by atoms with Crippen molar-refractivity contribution >= 4 is 20.9 Å². The lowest BCUT2D eigenvalue weighted by atomic mass is 10.4. The Morgan fingerprint density at radius 3 is 2.79 bits per heavy atom. The second-order valence-electron chi connectivity index (χ2n) is 3.16. The molecule has 0 aliphatic carbocycles. The molecule has 6 heteroatoms. The third-order valence-corrected chi connectivity index (χ3v) is 2.96. The molecular weight excluding hydrogens is 202 g/mol. The molecule has 0 saturated carbocycles. The fourth-order valence-corrected chi connectivity index (χ4v) is 1.80. The topological polar surface area (TPSA) is 64.8 Å². The van der Waals surface area contributed by atoms with E-state index in [1.165, 1.54) is 6.20 Å². The van der Waals surface area contributed by atoms with Gasteiger partial charge < -0.3 is 0 Å². The van der Waals surface area contributed by atoms with Crippen molar-refractivity contribution in [3.63, 3.8) is 0 Å². The van der Waals surface area contributed by atoms with Gasteiger partial charge in [0, 0.05) is 31.1 Å². The lowest BCUT2D eigenvalue weighted by Crippen LogP contribution is -1.97. The SMILES string of the molecule is Cn1cc2cc(S(C)(=O)=O)cnc2n1. The van der Waals surface area contributed by atoms with Crippen LogP contribution in [0.25, 0.3) is 11.0 Å². The van der Waals surface area contributed by atoms with E-state index in [1.807, 2.05) is 0 Å². The minimum atomic E-state index is -3.18. The molecule has 2 heterocycles. The van der Waals surface area contributed by atoms with Crippen molar-refractivity contribution in [2.45, 2.75) is 4.90 Å². The first-order chi connectivity index (χ1) is 6.47. The molecule has 0 spiro atoms. The summed E-state index contributed by atoms with van der Waals surface area (Å²) in [6.45, 7) is 0. The van der Waals surface area contributed by atoms with Crippen LogP contribution >= 0.6 is 0 Å². The van der Waals surface area contributed by atoms with Crippen LogP contribution in [0.1, 0.15) is 0 Å². The van der Waals surface area contributed by atoms with Gasteiger partial charge in [-0.1, -0.05) is 0 Å². The normalized spacial score (nSPS) is 12.1. The molecule has 0 N–H and O–H groups in total. The van der Waals surface area contributed by atoms with Crippen LogP contribution in [0.4, 0.5) is 0 Å². The average Bonchev–Trinajstić information content (AvgIpc) is 2.41. The maximum absolute atomic E-state index is 11.2. The van der Waals surface area contributed by atoms with Gasteiger partial charge >= 0.3 is 0 Å². The number of fused-ring (bicyclic) bond motifs is 1. The number of rotatable bonds is 1. The van der Waals surface area contributed by atoms with Crippen molar-refractivity contribution in [2.24, 2.45) is 7.05 Å². The van der Waals surface area contributed by atoms with Crippen LogP contribution in [0.15, 0.2) is 23.4 Å². The molecule has 2 aromatic heterocycles. The first-order valence-electron chi connectivity index (χ1n) is 3.96. The molecule has 0 unspecified atom stereocenters. The van der Waals surface area contributed by atoms with E-state index in [9.17, 15) is 8.42 Å². The Hall–Kier alpha value is -1.43. The van der Waals surface area contributed by atoms with E-state index in [1.54, 1.807) is 24.0 Å². The molecule has 74 valence electrons. The second kappa shape index (κ2) is 2.78. The number of hydrogen-bond donors (Lipinski definition) is 0. The third-order valence-electron chi connectivity index (χ3n) is 1.88. The number of pyridine rings is 1. The Morgan fingerprint density at radius 2 is 2.14 bits per heavy atom. The van der Waals surface area contributed by atoms with Gasteiger partial charge in [-0.2, -0.15) is 5.10 Å². The Labute approximate surface area is 81.3 Å². The fraction of sp³-hybridized carbons (Fsp3) is 0.250. The van der Waals surface area contributed by atoms with Crippen molar-refractivity contribution in [3.8, 4) is 0 Å². The molecule has 5 nitrogen and oxygen atoms in total. The molecular formula is C8H9N3O2S. The van der Waals surface area contributed by atoms with Crippen LogP contribution in [0.5, 0.6) is 0 Å². The standard InChI is InChI=1S/C8H9N3O2S/c1-11-5-6-3-7(14(2,12)13)4-9-8(6)10-11/h3-5H,1-2H3. The van der Waals surface area contributed by atoms with E-state index in [-0.39, 0.29) is 4.90 Å². The Morgan fingerprint density at radius 1 is 1.43 bits per heavy atom. The summed E-state index contributed by atoms with van der Waals surface area (Å²) < 4.78 is 24.0. The minimum absolute atomic E-state index is 0.220. The zero-order chi connectivity index (χ0) is 10.3. The summed E-state index contributed by atoms with van der Waals surface area (Å²) in [7, 11) is -1.42. The van der Waals surface area contributed by atoms with Crippen LogP contribution in [0, 0.1) is 0 Å². The van der Waals surface area contributed by atoms with E-state index in [4.69, 9.17) is 0 Å². The molecule has 0 amide bonds. The van der Waals surface area contributed by atoms with E-state index >= 15 is 0 Å². The summed E-state index contributed by atoms with van der Waals surface area (Å²) in [6.07, 6.45) is 4.22. The van der Waals surface area contributed by atoms with Gasteiger partial charge in [0.05, 0.1) is 4.90 Å². The average molecular weight is 211 g/mol. The van der Waals surface area contributed by atoms with Crippen molar-refractivity contribution in [1.82, 2.24) is 14.8 Å². The van der Waals surface area contributed by atoms with Gasteiger partial charge in [0.15, 0.2) is 15.5 Å². The highest BCUT2D eigenvalue weighted by atomic mass is 32.2. The summed E-state index contributed by atoms with van der Waals surface area (Å²) in [5, 5.41) is 4.78. The Balaban J connectivity index is 2.74. The fourth-order valence-electron chi connectivity index (χ4n) is 1.22. The first-order valence-corrected chi connectivity index (χ1v) is 5.85. The van der Waals surface area contributed by atoms with Gasteiger partial charge in [-0.05, 0) is 6.07 Å². The molecule has 2 aromatic rings. The van der Waals surface area contributed by atoms with Crippen molar-refractivity contribution in [1.29, 1.82) is 0 Å². The highest BCUT2D eigenvalue weighted by Gasteiger charge is 2.09. The maximum atomic E-state index is 11.2. The molecule has 2 rings (SSSR count). The molecule has 0 aliphatic heterocycles. The van der Waals surface area contributed by atoms with E-state index in [0.717, 1.165) is 11.6 Å². The highest BCUT2D eigenvalue weighted by Crippen LogP contribution is 2.14. The van der Waals surface area contributed by atoms with Gasteiger partial charge in [-0.3, -0.25) is 4.68 Å². The van der Waals surface area contributed by atoms with Gasteiger partial charge in [-0.15, -0.1) is 0 Å². The van der Waals surface area contributed by atoms with Crippen molar-refractivity contribution in [2.75, 3.05) is 6.26 Å². The monoisotopic (exact) mass is 211 g/mol. The van der Waals surface area contributed by atoms with E-state index in [2.05, 4.69) is 10.1 Å². The van der Waals surface area contributed by atoms with Gasteiger partial charge in [0.2, 0.25) is 0 Å². The molecule has 0 saturated heterocycles. The van der Waals surface area contributed by atoms with Crippen LogP contribution < -0.4 is 0 Å². The Kier molecular flexibility index (Phi) is 1.81. The molecule has 14 heavy (non-hydrogen) atoms. The lowest BCUT2D eigenvalue weighted by Gasteiger charge is -1.95. The number of aryl methyl sites for hydroxylation is 1. The lowest BCUT2D eigenvalue weighted by molar-refractivity contribution is 0.601. The summed E-state index contributed by atoms with van der Waals surface area (Å²) in [5.74, 6) is 0. The highest BCUT2D eigenvalue weighted by molar-refractivity contribution is 7.90. The largest absolute Gasteiger partial charge is 0.273 e. The van der Waals surface area contributed by atoms with Crippen molar-refractivity contribution < 1.29 is 8.42 Å². The zero-order valence-electron chi connectivity index (χ0n) is 7.80. The maximum Gasteiger partial charge on any atom is 0.181 e. The van der Waals surface area contributed by atoms with Gasteiger partial charge in [0.1, 0.15) is 0 Å². The van der Waals surface area contributed by atoms with E-state index < -0.39 is 9.84 Å². The summed E-state index contributed by atoms with van der Waals surface area (Å²) in [4.78, 5) is 4.18. The zero-order valence-corrected chi connectivity index (χ0v) is 8.61. The molecule has 0 fully saturated rings. The van der Waals surface area contributed by atoms with E-state index in [0.29, 0.717) is 5.65 Å². The molecule has 0 atom stereocenters. The molecule has 0 aliphatic rings. The molecule has 0 radical (unpaired) electrons. The Bertz CT molecular complexity index is 586. The predicted octanol–water partition coefficient (Wildman–Crippen LogP) is 0.372. The smallest absolute Gasteiger partial charge is 0.181 e. The van der Waals surface area contributed by atoms with Crippen LogP contribution in [-0.2, 0) is 16.9 Å². The van der Waals surface area contributed by atoms with Crippen LogP contribution in [0.2, 0.25) is 0 Å². The number of hydrogen-bond acceptors (Lipinski definition) is 4. The van der Waals surface area contributed by atoms with Crippen molar-refractivity contribution in [3.05, 3.63) is 18.5 Å². The summed E-state index contributed by atoms with van der Waals surface area (Å²) in [6, 6.07) is 1.57. The quantitative estimate of drug-likeness (QED) is 0.683. The van der Waals surface area contributed by atoms with Crippen LogP contribution in [0.3, 0.4) is 0 Å². The van der Waals surface area contributed by atoms with Gasteiger partial charge in [0.25, 0.3) is 0 Å². The number of sulfone groups is 1. The van der Waals surface area contributed by atoms with Gasteiger partial charge in [-0.25, -0.2) is 13.4 Å². The third kappa shape index (κ3) is 1.48. The summed E-state index contributed by atoms with van der Waals surface area (Å²) in [5.41, 5.74) is 0.555. The second-order valence-corrected chi connectivity index (χ2v) is 5.17. The minimum Gasteiger partial charge on any atom is -0.273 e. The first kappa shape index (κ1) is 9.14. The summed E-state index contributed by atoms with van der Waals surface area (Å²) >= 11 is 0. The van der Waals surface area contributed by atoms with Crippen LogP contribution in [-0.4, -0.2) is 29.4 Å². The predicted molar refractivity (Wildman–Crippen MR) is 51.6 cm³/mol. The number of aromatic nitrogens is 3. The molecule has 0 aromatic carbocycles. The number of nitrogens with zero attached hydrogens (tertiary/aromatic N) is 3. The molecule has 0 bridgehead atoms.